The summed E-state index contributed by atoms with van der Waals surface area (Å²) in [5.74, 6) is -0.466. The van der Waals surface area contributed by atoms with Crippen molar-refractivity contribution in [3.8, 4) is 22.5 Å². The lowest BCUT2D eigenvalue weighted by Crippen LogP contribution is -2.13. The summed E-state index contributed by atoms with van der Waals surface area (Å²) in [6, 6.07) is 30.6. The predicted octanol–water partition coefficient (Wildman–Crippen LogP) is 6.12. The van der Waals surface area contributed by atoms with Gasteiger partial charge in [-0.15, -0.1) is 0 Å². The fraction of sp³-hybridized carbons (Fsp3) is 0. The molecule has 0 spiro atoms. The molecule has 0 unspecified atom stereocenters. The average molecular weight is 446 g/mol. The van der Waals surface area contributed by atoms with Crippen LogP contribution in [0.15, 0.2) is 103 Å². The zero-order valence-electron chi connectivity index (χ0n) is 17.9. The number of anilines is 1. The van der Waals surface area contributed by atoms with Gasteiger partial charge in [-0.3, -0.25) is 14.9 Å². The van der Waals surface area contributed by atoms with E-state index in [4.69, 9.17) is 9.97 Å². The van der Waals surface area contributed by atoms with Gasteiger partial charge in [-0.1, -0.05) is 72.8 Å². The molecule has 34 heavy (non-hydrogen) atoms. The lowest BCUT2D eigenvalue weighted by Gasteiger charge is -2.11. The summed E-state index contributed by atoms with van der Waals surface area (Å²) < 4.78 is 0. The Morgan fingerprint density at radius 1 is 0.706 bits per heavy atom. The van der Waals surface area contributed by atoms with E-state index in [2.05, 4.69) is 5.32 Å². The SMILES string of the molecule is O=C(Nc1ccccc1[N+](=O)[O-])c1ccc2nc(-c3ccccc3)c(-c3ccccc3)nc2c1. The number of carbonyl (C=O) groups excluding carboxylic acids is 1. The van der Waals surface area contributed by atoms with Gasteiger partial charge in [-0.05, 0) is 24.3 Å². The highest BCUT2D eigenvalue weighted by Gasteiger charge is 2.18. The molecule has 0 atom stereocenters. The molecule has 0 aliphatic rings. The number of nitrogens with one attached hydrogen (secondary N) is 1. The van der Waals surface area contributed by atoms with Gasteiger partial charge in [-0.25, -0.2) is 9.97 Å². The van der Waals surface area contributed by atoms with Gasteiger partial charge in [0.2, 0.25) is 0 Å². The van der Waals surface area contributed by atoms with Crippen LogP contribution < -0.4 is 5.32 Å². The van der Waals surface area contributed by atoms with Crippen molar-refractivity contribution in [3.05, 3.63) is 119 Å². The number of rotatable bonds is 5. The molecule has 1 aromatic heterocycles. The van der Waals surface area contributed by atoms with Gasteiger partial charge in [0.25, 0.3) is 11.6 Å². The first-order chi connectivity index (χ1) is 16.6. The highest BCUT2D eigenvalue weighted by molar-refractivity contribution is 6.07. The van der Waals surface area contributed by atoms with Crippen molar-refractivity contribution in [2.75, 3.05) is 5.32 Å². The smallest absolute Gasteiger partial charge is 0.292 e. The molecule has 0 radical (unpaired) electrons. The molecule has 1 N–H and O–H groups in total. The van der Waals surface area contributed by atoms with Crippen molar-refractivity contribution in [1.29, 1.82) is 0 Å². The Bertz CT molecular complexity index is 1520. The van der Waals surface area contributed by atoms with Gasteiger partial charge < -0.3 is 5.32 Å². The number of carbonyl (C=O) groups is 1. The fourth-order valence-corrected chi connectivity index (χ4v) is 3.72. The Kier molecular flexibility index (Phi) is 5.50. The molecule has 0 saturated heterocycles. The van der Waals surface area contributed by atoms with Crippen LogP contribution in [0.1, 0.15) is 10.4 Å². The van der Waals surface area contributed by atoms with Gasteiger partial charge >= 0.3 is 0 Å². The van der Waals surface area contributed by atoms with Crippen LogP contribution in [-0.4, -0.2) is 20.8 Å². The second-order valence-corrected chi connectivity index (χ2v) is 7.58. The highest BCUT2D eigenvalue weighted by Crippen LogP contribution is 2.31. The minimum absolute atomic E-state index is 0.132. The summed E-state index contributed by atoms with van der Waals surface area (Å²) >= 11 is 0. The molecule has 1 heterocycles. The molecule has 0 fully saturated rings. The third-order valence-corrected chi connectivity index (χ3v) is 5.37. The number of hydrogen-bond acceptors (Lipinski definition) is 5. The first-order valence-electron chi connectivity index (χ1n) is 10.6. The van der Waals surface area contributed by atoms with Crippen molar-refractivity contribution in [2.24, 2.45) is 0 Å². The Morgan fingerprint density at radius 2 is 1.26 bits per heavy atom. The first-order valence-corrected chi connectivity index (χ1v) is 10.6. The van der Waals surface area contributed by atoms with E-state index in [9.17, 15) is 14.9 Å². The maximum atomic E-state index is 12.9. The summed E-state index contributed by atoms with van der Waals surface area (Å²) in [7, 11) is 0. The number of para-hydroxylation sites is 2. The topological polar surface area (TPSA) is 98.0 Å². The number of fused-ring (bicyclic) bond motifs is 1. The molecule has 0 saturated carbocycles. The first kappa shape index (κ1) is 21.0. The van der Waals surface area contributed by atoms with Crippen molar-refractivity contribution in [3.63, 3.8) is 0 Å². The van der Waals surface area contributed by atoms with E-state index in [1.807, 2.05) is 60.7 Å². The maximum absolute atomic E-state index is 12.9. The minimum atomic E-state index is -0.529. The maximum Gasteiger partial charge on any atom is 0.292 e. The summed E-state index contributed by atoms with van der Waals surface area (Å²) in [6.45, 7) is 0. The third kappa shape index (κ3) is 4.10. The zero-order valence-corrected chi connectivity index (χ0v) is 17.9. The fourth-order valence-electron chi connectivity index (χ4n) is 3.72. The lowest BCUT2D eigenvalue weighted by molar-refractivity contribution is -0.383. The number of benzene rings is 4. The van der Waals surface area contributed by atoms with Crippen LogP contribution in [0.3, 0.4) is 0 Å². The predicted molar refractivity (Wildman–Crippen MR) is 131 cm³/mol. The summed E-state index contributed by atoms with van der Waals surface area (Å²) in [5.41, 5.74) is 4.77. The van der Waals surface area contributed by atoms with Gasteiger partial charge in [0.05, 0.1) is 27.3 Å². The molecule has 4 aromatic carbocycles. The van der Waals surface area contributed by atoms with Crippen LogP contribution >= 0.6 is 0 Å². The van der Waals surface area contributed by atoms with Crippen molar-refractivity contribution < 1.29 is 9.72 Å². The Morgan fingerprint density at radius 3 is 1.88 bits per heavy atom. The number of aromatic nitrogens is 2. The highest BCUT2D eigenvalue weighted by atomic mass is 16.6. The molecule has 5 rings (SSSR count). The Balaban J connectivity index is 1.59. The number of nitrogens with zero attached hydrogens (tertiary/aromatic N) is 3. The van der Waals surface area contributed by atoms with Crippen molar-refractivity contribution in [2.45, 2.75) is 0 Å². The molecule has 7 heteroatoms. The summed E-state index contributed by atoms with van der Waals surface area (Å²) in [6.07, 6.45) is 0. The quantitative estimate of drug-likeness (QED) is 0.259. The zero-order chi connectivity index (χ0) is 23.5. The molecule has 1 amide bonds. The van der Waals surface area contributed by atoms with E-state index < -0.39 is 10.8 Å². The molecule has 164 valence electrons. The van der Waals surface area contributed by atoms with Crippen LogP contribution in [0, 0.1) is 10.1 Å². The van der Waals surface area contributed by atoms with E-state index in [1.54, 1.807) is 30.3 Å². The molecule has 5 aromatic rings. The molecule has 0 bridgehead atoms. The van der Waals surface area contributed by atoms with Crippen molar-refractivity contribution in [1.82, 2.24) is 9.97 Å². The van der Waals surface area contributed by atoms with Crippen LogP contribution in [0.4, 0.5) is 11.4 Å². The summed E-state index contributed by atoms with van der Waals surface area (Å²) in [4.78, 5) is 33.4. The monoisotopic (exact) mass is 446 g/mol. The molecule has 7 nitrogen and oxygen atoms in total. The van der Waals surface area contributed by atoms with Crippen molar-refractivity contribution >= 4 is 28.3 Å². The average Bonchev–Trinajstić information content (AvgIpc) is 2.88. The van der Waals surface area contributed by atoms with Crippen LogP contribution in [0.2, 0.25) is 0 Å². The van der Waals surface area contributed by atoms with Crippen LogP contribution in [-0.2, 0) is 0 Å². The number of hydrogen-bond donors (Lipinski definition) is 1. The Hall–Kier alpha value is -4.91. The summed E-state index contributed by atoms with van der Waals surface area (Å²) in [5, 5.41) is 13.9. The second kappa shape index (κ2) is 8.91. The molecule has 0 aliphatic heterocycles. The normalized spacial score (nSPS) is 10.7. The van der Waals surface area contributed by atoms with Gasteiger partial charge in [0.15, 0.2) is 0 Å². The van der Waals surface area contributed by atoms with Crippen LogP contribution in [0.5, 0.6) is 0 Å². The van der Waals surface area contributed by atoms with E-state index >= 15 is 0 Å². The Labute approximate surface area is 194 Å². The second-order valence-electron chi connectivity index (χ2n) is 7.58. The largest absolute Gasteiger partial charge is 0.316 e. The van der Waals surface area contributed by atoms with Crippen LogP contribution in [0.25, 0.3) is 33.5 Å². The number of nitro benzene ring substituents is 1. The van der Waals surface area contributed by atoms with Gasteiger partial charge in [-0.2, -0.15) is 0 Å². The van der Waals surface area contributed by atoms with Gasteiger partial charge in [0.1, 0.15) is 5.69 Å². The number of nitro groups is 1. The van der Waals surface area contributed by atoms with E-state index in [1.165, 1.54) is 12.1 Å². The molecular weight excluding hydrogens is 428 g/mol. The molecular formula is C27H18N4O3. The standard InChI is InChI=1S/C27H18N4O3/c32-27(30-22-13-7-8-14-24(22)31(33)34)20-15-16-21-23(17-20)29-26(19-11-5-2-6-12-19)25(28-21)18-9-3-1-4-10-18/h1-17H,(H,30,32). The lowest BCUT2D eigenvalue weighted by atomic mass is 10.0. The van der Waals surface area contributed by atoms with E-state index in [0.717, 1.165) is 16.8 Å². The third-order valence-electron chi connectivity index (χ3n) is 5.37. The van der Waals surface area contributed by atoms with E-state index in [0.29, 0.717) is 22.3 Å². The molecule has 0 aliphatic carbocycles. The van der Waals surface area contributed by atoms with E-state index in [-0.39, 0.29) is 11.4 Å². The van der Waals surface area contributed by atoms with Gasteiger partial charge in [0, 0.05) is 22.8 Å². The minimum Gasteiger partial charge on any atom is -0.316 e. The number of amides is 1.